The summed E-state index contributed by atoms with van der Waals surface area (Å²) in [4.78, 5) is 18.6. The number of hydrogen-bond donors (Lipinski definition) is 0. The summed E-state index contributed by atoms with van der Waals surface area (Å²) in [5.41, 5.74) is 0.731. The Morgan fingerprint density at radius 2 is 2.03 bits per heavy atom. The second-order valence-electron chi connectivity index (χ2n) is 7.40. The average Bonchev–Trinajstić information content (AvgIpc) is 3.32. The van der Waals surface area contributed by atoms with Crippen LogP contribution in [-0.2, 0) is 17.5 Å². The maximum Gasteiger partial charge on any atom is 0.416 e. The largest absolute Gasteiger partial charge is 0.416 e. The minimum absolute atomic E-state index is 0.0243. The summed E-state index contributed by atoms with van der Waals surface area (Å²) in [6.07, 6.45) is 0.532. The van der Waals surface area contributed by atoms with E-state index in [4.69, 9.17) is 11.6 Å². The second-order valence-corrected chi connectivity index (χ2v) is 8.84. The first kappa shape index (κ1) is 23.1. The van der Waals surface area contributed by atoms with Crippen LogP contribution < -0.4 is 0 Å². The Balaban J connectivity index is 1.59. The molecular formula is C23H18ClF3N4OS. The van der Waals surface area contributed by atoms with Gasteiger partial charge in [0, 0.05) is 24.0 Å². The van der Waals surface area contributed by atoms with Gasteiger partial charge in [0.2, 0.25) is 0 Å². The molecule has 5 nitrogen and oxygen atoms in total. The standard InChI is InChI=1S/C23H18ClF3N4OS/c1-3-8-30(2)22-29-21(32)20(33-22)10-14-4-7-19-16(9-14)12-28-31(19)13-15-5-6-17(24)11-18(15)23(25,26)27/h3-7,9-12H,1,8,13H2,2H3. The van der Waals surface area contributed by atoms with Crippen molar-refractivity contribution in [2.75, 3.05) is 13.6 Å². The molecule has 10 heteroatoms. The number of thioether (sulfide) groups is 1. The van der Waals surface area contributed by atoms with E-state index in [1.807, 2.05) is 18.0 Å². The van der Waals surface area contributed by atoms with Crippen molar-refractivity contribution < 1.29 is 18.0 Å². The first-order valence-electron chi connectivity index (χ1n) is 9.81. The Bertz CT molecular complexity index is 1310. The number of hydrogen-bond acceptors (Lipinski definition) is 4. The fourth-order valence-electron chi connectivity index (χ4n) is 3.42. The van der Waals surface area contributed by atoms with Gasteiger partial charge in [-0.05, 0) is 53.2 Å². The first-order chi connectivity index (χ1) is 15.7. The van der Waals surface area contributed by atoms with Crippen molar-refractivity contribution in [3.8, 4) is 0 Å². The van der Waals surface area contributed by atoms with E-state index in [2.05, 4.69) is 16.7 Å². The number of amides is 1. The predicted octanol–water partition coefficient (Wildman–Crippen LogP) is 5.84. The predicted molar refractivity (Wildman–Crippen MR) is 126 cm³/mol. The number of rotatable bonds is 5. The topological polar surface area (TPSA) is 50.5 Å². The molecule has 0 unspecified atom stereocenters. The van der Waals surface area contributed by atoms with Gasteiger partial charge in [-0.3, -0.25) is 9.48 Å². The molecule has 2 aromatic carbocycles. The molecule has 0 radical (unpaired) electrons. The van der Waals surface area contributed by atoms with Crippen molar-refractivity contribution >= 4 is 51.4 Å². The minimum Gasteiger partial charge on any atom is -0.350 e. The fourth-order valence-corrected chi connectivity index (χ4v) is 4.47. The molecule has 0 fully saturated rings. The van der Waals surface area contributed by atoms with Gasteiger partial charge in [-0.15, -0.1) is 6.58 Å². The van der Waals surface area contributed by atoms with Crippen molar-refractivity contribution in [2.45, 2.75) is 12.7 Å². The smallest absolute Gasteiger partial charge is 0.350 e. The molecule has 1 aliphatic rings. The number of alkyl halides is 3. The molecule has 0 bridgehead atoms. The van der Waals surface area contributed by atoms with Gasteiger partial charge >= 0.3 is 6.18 Å². The Hall–Kier alpha value is -3.04. The van der Waals surface area contributed by atoms with Gasteiger partial charge in [0.25, 0.3) is 5.91 Å². The van der Waals surface area contributed by atoms with Crippen LogP contribution in [0.15, 0.2) is 65.1 Å². The number of nitrogens with zero attached hydrogens (tertiary/aromatic N) is 4. The van der Waals surface area contributed by atoms with Crippen LogP contribution in [0.2, 0.25) is 5.02 Å². The lowest BCUT2D eigenvalue weighted by atomic mass is 10.1. The summed E-state index contributed by atoms with van der Waals surface area (Å²) in [7, 11) is 1.83. The van der Waals surface area contributed by atoms with E-state index >= 15 is 0 Å². The third-order valence-corrected chi connectivity index (χ3v) is 6.33. The third-order valence-electron chi connectivity index (χ3n) is 5.00. The van der Waals surface area contributed by atoms with E-state index < -0.39 is 11.7 Å². The van der Waals surface area contributed by atoms with Gasteiger partial charge in [0.15, 0.2) is 5.17 Å². The van der Waals surface area contributed by atoms with E-state index in [1.54, 1.807) is 30.5 Å². The monoisotopic (exact) mass is 490 g/mol. The number of likely N-dealkylation sites (N-methyl/N-ethyl adjacent to an activating group) is 1. The van der Waals surface area contributed by atoms with Gasteiger partial charge < -0.3 is 4.90 Å². The number of carbonyl (C=O) groups excluding carboxylic acids is 1. The number of carbonyl (C=O) groups is 1. The molecule has 0 aliphatic carbocycles. The second kappa shape index (κ2) is 9.07. The highest BCUT2D eigenvalue weighted by atomic mass is 35.5. The van der Waals surface area contributed by atoms with E-state index in [9.17, 15) is 18.0 Å². The lowest BCUT2D eigenvalue weighted by Crippen LogP contribution is -2.22. The third kappa shape index (κ3) is 4.99. The van der Waals surface area contributed by atoms with Crippen molar-refractivity contribution in [2.24, 2.45) is 4.99 Å². The lowest BCUT2D eigenvalue weighted by Gasteiger charge is -2.14. The molecular weight excluding hydrogens is 473 g/mol. The van der Waals surface area contributed by atoms with Crippen molar-refractivity contribution in [3.05, 3.63) is 81.9 Å². The summed E-state index contributed by atoms with van der Waals surface area (Å²) < 4.78 is 41.8. The summed E-state index contributed by atoms with van der Waals surface area (Å²) >= 11 is 7.05. The molecule has 1 aromatic heterocycles. The van der Waals surface area contributed by atoms with E-state index in [0.717, 1.165) is 17.0 Å². The van der Waals surface area contributed by atoms with Gasteiger partial charge in [0.05, 0.1) is 28.7 Å². The lowest BCUT2D eigenvalue weighted by molar-refractivity contribution is -0.138. The van der Waals surface area contributed by atoms with Crippen LogP contribution in [0.25, 0.3) is 17.0 Å². The Morgan fingerprint density at radius 1 is 1.24 bits per heavy atom. The zero-order valence-electron chi connectivity index (χ0n) is 17.4. The quantitative estimate of drug-likeness (QED) is 0.333. The van der Waals surface area contributed by atoms with E-state index in [-0.39, 0.29) is 23.0 Å². The highest BCUT2D eigenvalue weighted by Gasteiger charge is 2.33. The number of aliphatic imine (C=N–C) groups is 1. The molecule has 0 N–H and O–H groups in total. The fraction of sp³-hybridized carbons (Fsp3) is 0.174. The van der Waals surface area contributed by atoms with Crippen LogP contribution in [0.1, 0.15) is 16.7 Å². The molecule has 0 spiro atoms. The van der Waals surface area contributed by atoms with Crippen LogP contribution in [0.5, 0.6) is 0 Å². The maximum absolute atomic E-state index is 13.4. The Morgan fingerprint density at radius 3 is 2.76 bits per heavy atom. The molecule has 3 aromatic rings. The van der Waals surface area contributed by atoms with Crippen molar-refractivity contribution in [1.29, 1.82) is 0 Å². The van der Waals surface area contributed by atoms with Gasteiger partial charge in [-0.1, -0.05) is 29.8 Å². The SMILES string of the molecule is C=CCN(C)C1=NC(=O)C(=Cc2ccc3c(cnn3Cc3ccc(Cl)cc3C(F)(F)F)c2)S1. The molecule has 1 aliphatic heterocycles. The number of benzene rings is 2. The Labute approximate surface area is 197 Å². The molecule has 2 heterocycles. The van der Waals surface area contributed by atoms with Gasteiger partial charge in [-0.2, -0.15) is 23.3 Å². The molecule has 33 heavy (non-hydrogen) atoms. The first-order valence-corrected chi connectivity index (χ1v) is 11.0. The van der Waals surface area contributed by atoms with E-state index in [1.165, 1.54) is 28.6 Å². The zero-order valence-corrected chi connectivity index (χ0v) is 19.0. The number of aromatic nitrogens is 2. The highest BCUT2D eigenvalue weighted by molar-refractivity contribution is 8.18. The highest BCUT2D eigenvalue weighted by Crippen LogP contribution is 2.35. The molecule has 170 valence electrons. The van der Waals surface area contributed by atoms with Crippen LogP contribution >= 0.6 is 23.4 Å². The number of fused-ring (bicyclic) bond motifs is 1. The number of halogens is 4. The molecule has 1 amide bonds. The van der Waals surface area contributed by atoms with Crippen LogP contribution in [0, 0.1) is 0 Å². The summed E-state index contributed by atoms with van der Waals surface area (Å²) in [6, 6.07) is 9.11. The molecule has 0 saturated heterocycles. The zero-order chi connectivity index (χ0) is 23.8. The molecule has 4 rings (SSSR count). The summed E-state index contributed by atoms with van der Waals surface area (Å²) in [6.45, 7) is 4.19. The van der Waals surface area contributed by atoms with Crippen LogP contribution in [0.4, 0.5) is 13.2 Å². The average molecular weight is 491 g/mol. The minimum atomic E-state index is -4.52. The summed E-state index contributed by atoms with van der Waals surface area (Å²) in [5, 5.41) is 5.63. The van der Waals surface area contributed by atoms with Crippen LogP contribution in [-0.4, -0.2) is 39.3 Å². The molecule has 0 saturated carbocycles. The normalized spacial score (nSPS) is 15.4. The number of amidine groups is 1. The van der Waals surface area contributed by atoms with Gasteiger partial charge in [-0.25, -0.2) is 0 Å². The maximum atomic E-state index is 13.4. The van der Waals surface area contributed by atoms with Crippen molar-refractivity contribution in [3.63, 3.8) is 0 Å². The molecule has 0 atom stereocenters. The summed E-state index contributed by atoms with van der Waals surface area (Å²) in [5.74, 6) is -0.316. The van der Waals surface area contributed by atoms with Crippen molar-refractivity contribution in [1.82, 2.24) is 14.7 Å². The van der Waals surface area contributed by atoms with Gasteiger partial charge in [0.1, 0.15) is 0 Å². The Kier molecular flexibility index (Phi) is 6.36. The van der Waals surface area contributed by atoms with Crippen LogP contribution in [0.3, 0.4) is 0 Å². The van der Waals surface area contributed by atoms with E-state index in [0.29, 0.717) is 22.1 Å².